The Labute approximate surface area is 119 Å². The first-order chi connectivity index (χ1) is 9.37. The van der Waals surface area contributed by atoms with Gasteiger partial charge in [0.15, 0.2) is 0 Å². The molecule has 0 bridgehead atoms. The lowest BCUT2D eigenvalue weighted by molar-refractivity contribution is 0.0319. The van der Waals surface area contributed by atoms with Gasteiger partial charge in [-0.05, 0) is 24.0 Å². The maximum Gasteiger partial charge on any atom is 0.339 e. The molecule has 0 aliphatic rings. The van der Waals surface area contributed by atoms with Crippen molar-refractivity contribution in [3.05, 3.63) is 35.4 Å². The van der Waals surface area contributed by atoms with Gasteiger partial charge in [0, 0.05) is 0 Å². The van der Waals surface area contributed by atoms with Gasteiger partial charge in [0.2, 0.25) is 0 Å². The van der Waals surface area contributed by atoms with Gasteiger partial charge >= 0.3 is 11.9 Å². The van der Waals surface area contributed by atoms with Crippen molar-refractivity contribution in [2.24, 2.45) is 5.41 Å². The number of carbonyl (C=O) groups is 2. The minimum atomic E-state index is -1.12. The molecule has 0 aliphatic heterocycles. The lowest BCUT2D eigenvalue weighted by atomic mass is 9.88. The Morgan fingerprint density at radius 3 is 2.35 bits per heavy atom. The molecular formula is C16H22O4. The summed E-state index contributed by atoms with van der Waals surface area (Å²) in [7, 11) is 0. The first-order valence-electron chi connectivity index (χ1n) is 6.87. The van der Waals surface area contributed by atoms with Crippen LogP contribution in [-0.2, 0) is 4.74 Å². The topological polar surface area (TPSA) is 63.6 Å². The largest absolute Gasteiger partial charge is 0.478 e. The van der Waals surface area contributed by atoms with E-state index in [0.29, 0.717) is 6.61 Å². The smallest absolute Gasteiger partial charge is 0.339 e. The van der Waals surface area contributed by atoms with Gasteiger partial charge in [-0.1, -0.05) is 45.7 Å². The van der Waals surface area contributed by atoms with E-state index in [1.54, 1.807) is 12.1 Å². The van der Waals surface area contributed by atoms with E-state index in [1.165, 1.54) is 12.1 Å². The predicted molar refractivity (Wildman–Crippen MR) is 77.0 cm³/mol. The fraction of sp³-hybridized carbons (Fsp3) is 0.500. The minimum absolute atomic E-state index is 0.0242. The Kier molecular flexibility index (Phi) is 5.74. The van der Waals surface area contributed by atoms with E-state index in [-0.39, 0.29) is 16.5 Å². The number of ether oxygens (including phenoxy) is 1. The molecule has 1 aromatic rings. The van der Waals surface area contributed by atoms with E-state index < -0.39 is 11.9 Å². The highest BCUT2D eigenvalue weighted by atomic mass is 16.5. The Balaban J connectivity index is 2.70. The van der Waals surface area contributed by atoms with Crippen molar-refractivity contribution in [2.75, 3.05) is 6.61 Å². The Morgan fingerprint density at radius 1 is 1.20 bits per heavy atom. The van der Waals surface area contributed by atoms with Crippen LogP contribution in [0.25, 0.3) is 0 Å². The van der Waals surface area contributed by atoms with Crippen molar-refractivity contribution in [3.8, 4) is 0 Å². The molecule has 0 spiro atoms. The summed E-state index contributed by atoms with van der Waals surface area (Å²) in [6.07, 6.45) is 3.15. The summed E-state index contributed by atoms with van der Waals surface area (Å²) in [6, 6.07) is 6.10. The van der Waals surface area contributed by atoms with Crippen molar-refractivity contribution in [1.29, 1.82) is 0 Å². The number of carboxylic acid groups (broad SMARTS) is 1. The second-order valence-corrected chi connectivity index (χ2v) is 5.69. The van der Waals surface area contributed by atoms with Gasteiger partial charge in [-0.25, -0.2) is 9.59 Å². The number of benzene rings is 1. The molecule has 110 valence electrons. The molecule has 0 aromatic heterocycles. The second-order valence-electron chi connectivity index (χ2n) is 5.69. The van der Waals surface area contributed by atoms with Crippen LogP contribution < -0.4 is 0 Å². The number of esters is 1. The third-order valence-electron chi connectivity index (χ3n) is 3.18. The molecule has 0 radical (unpaired) electrons. The van der Waals surface area contributed by atoms with E-state index in [9.17, 15) is 9.59 Å². The van der Waals surface area contributed by atoms with Crippen LogP contribution in [0.2, 0.25) is 0 Å². The molecule has 4 heteroatoms. The number of hydrogen-bond acceptors (Lipinski definition) is 3. The Bertz CT molecular complexity index is 477. The number of carboxylic acids is 1. The van der Waals surface area contributed by atoms with Crippen LogP contribution >= 0.6 is 0 Å². The van der Waals surface area contributed by atoms with Gasteiger partial charge in [0.05, 0.1) is 17.7 Å². The molecule has 1 rings (SSSR count). The van der Waals surface area contributed by atoms with Crippen LogP contribution in [0.5, 0.6) is 0 Å². The lowest BCUT2D eigenvalue weighted by Gasteiger charge is -2.24. The van der Waals surface area contributed by atoms with E-state index in [0.717, 1.165) is 19.3 Å². The van der Waals surface area contributed by atoms with Gasteiger partial charge in [0.1, 0.15) is 0 Å². The number of hydrogen-bond donors (Lipinski definition) is 1. The molecule has 0 atom stereocenters. The maximum atomic E-state index is 12.0. The molecule has 0 saturated heterocycles. The highest BCUT2D eigenvalue weighted by molar-refractivity contribution is 6.02. The van der Waals surface area contributed by atoms with Crippen molar-refractivity contribution in [3.63, 3.8) is 0 Å². The third-order valence-corrected chi connectivity index (χ3v) is 3.18. The summed E-state index contributed by atoms with van der Waals surface area (Å²) in [5.74, 6) is -1.70. The molecule has 0 amide bonds. The molecular weight excluding hydrogens is 256 g/mol. The molecule has 1 N–H and O–H groups in total. The van der Waals surface area contributed by atoms with Crippen LogP contribution in [-0.4, -0.2) is 23.7 Å². The maximum absolute atomic E-state index is 12.0. The van der Waals surface area contributed by atoms with Gasteiger partial charge < -0.3 is 9.84 Å². The van der Waals surface area contributed by atoms with E-state index in [4.69, 9.17) is 9.84 Å². The summed E-state index contributed by atoms with van der Waals surface area (Å²) >= 11 is 0. The molecule has 0 heterocycles. The standard InChI is InChI=1S/C16H22O4/c1-4-5-10-16(2,3)11-20-15(19)13-9-7-6-8-12(13)14(17)18/h6-9H,4-5,10-11H2,1-3H3,(H,17,18). The molecule has 0 fully saturated rings. The van der Waals surface area contributed by atoms with Crippen molar-refractivity contribution < 1.29 is 19.4 Å². The molecule has 4 nitrogen and oxygen atoms in total. The van der Waals surface area contributed by atoms with E-state index >= 15 is 0 Å². The first kappa shape index (κ1) is 16.2. The van der Waals surface area contributed by atoms with Gasteiger partial charge in [-0.2, -0.15) is 0 Å². The average molecular weight is 278 g/mol. The van der Waals surface area contributed by atoms with Crippen LogP contribution in [0.15, 0.2) is 24.3 Å². The van der Waals surface area contributed by atoms with Crippen molar-refractivity contribution >= 4 is 11.9 Å². The first-order valence-corrected chi connectivity index (χ1v) is 6.87. The van der Waals surface area contributed by atoms with Crippen LogP contribution in [0, 0.1) is 5.41 Å². The lowest BCUT2D eigenvalue weighted by Crippen LogP contribution is -2.22. The van der Waals surface area contributed by atoms with Crippen molar-refractivity contribution in [1.82, 2.24) is 0 Å². The monoisotopic (exact) mass is 278 g/mol. The minimum Gasteiger partial charge on any atom is -0.478 e. The van der Waals surface area contributed by atoms with Gasteiger partial charge in [-0.15, -0.1) is 0 Å². The normalized spacial score (nSPS) is 11.2. The van der Waals surface area contributed by atoms with E-state index in [1.807, 2.05) is 13.8 Å². The van der Waals surface area contributed by atoms with Crippen molar-refractivity contribution in [2.45, 2.75) is 40.0 Å². The Morgan fingerprint density at radius 2 is 1.80 bits per heavy atom. The molecule has 0 unspecified atom stereocenters. The summed E-state index contributed by atoms with van der Waals surface area (Å²) in [5.41, 5.74) is -0.0146. The fourth-order valence-electron chi connectivity index (χ4n) is 1.91. The molecule has 1 aromatic carbocycles. The summed E-state index contributed by atoms with van der Waals surface area (Å²) in [6.45, 7) is 6.49. The third kappa shape index (κ3) is 4.68. The zero-order chi connectivity index (χ0) is 15.2. The number of aromatic carboxylic acids is 1. The van der Waals surface area contributed by atoms with Crippen LogP contribution in [0.1, 0.15) is 60.7 Å². The summed E-state index contributed by atoms with van der Waals surface area (Å²) in [4.78, 5) is 23.1. The van der Waals surface area contributed by atoms with E-state index in [2.05, 4.69) is 6.92 Å². The average Bonchev–Trinajstić information content (AvgIpc) is 2.42. The number of unbranched alkanes of at least 4 members (excludes halogenated alkanes) is 1. The number of carbonyl (C=O) groups excluding carboxylic acids is 1. The zero-order valence-corrected chi connectivity index (χ0v) is 12.3. The summed E-state index contributed by atoms with van der Waals surface area (Å²) < 4.78 is 5.28. The Hall–Kier alpha value is -1.84. The highest BCUT2D eigenvalue weighted by Gasteiger charge is 2.22. The molecule has 20 heavy (non-hydrogen) atoms. The summed E-state index contributed by atoms with van der Waals surface area (Å²) in [5, 5.41) is 9.05. The quantitative estimate of drug-likeness (QED) is 0.771. The highest BCUT2D eigenvalue weighted by Crippen LogP contribution is 2.24. The zero-order valence-electron chi connectivity index (χ0n) is 12.3. The fourth-order valence-corrected chi connectivity index (χ4v) is 1.91. The van der Waals surface area contributed by atoms with Gasteiger partial charge in [-0.3, -0.25) is 0 Å². The van der Waals surface area contributed by atoms with Crippen LogP contribution in [0.4, 0.5) is 0 Å². The SMILES string of the molecule is CCCCC(C)(C)COC(=O)c1ccccc1C(=O)O. The molecule has 0 aliphatic carbocycles. The van der Waals surface area contributed by atoms with Gasteiger partial charge in [0.25, 0.3) is 0 Å². The second kappa shape index (κ2) is 7.08. The molecule has 0 saturated carbocycles. The van der Waals surface area contributed by atoms with Crippen LogP contribution in [0.3, 0.4) is 0 Å². The predicted octanol–water partition coefficient (Wildman–Crippen LogP) is 3.76. The number of rotatable bonds is 7.